The summed E-state index contributed by atoms with van der Waals surface area (Å²) >= 11 is 0. The van der Waals surface area contributed by atoms with Crippen LogP contribution in [-0.4, -0.2) is 68.0 Å². The van der Waals surface area contributed by atoms with Crippen LogP contribution in [0.1, 0.15) is 66.9 Å². The second-order valence-electron chi connectivity index (χ2n) is 10.0. The first-order chi connectivity index (χ1) is 17.5. The molecular formula is C28H38O9. The topological polar surface area (TPSA) is 157 Å². The number of hydrogen-bond donors (Lipinski definition) is 6. The van der Waals surface area contributed by atoms with Crippen LogP contribution in [0.25, 0.3) is 0 Å². The molecule has 1 aliphatic carbocycles. The Morgan fingerprint density at radius 2 is 1.97 bits per heavy atom. The van der Waals surface area contributed by atoms with E-state index in [1.807, 2.05) is 19.9 Å². The van der Waals surface area contributed by atoms with Crippen LogP contribution in [0, 0.1) is 11.8 Å². The van der Waals surface area contributed by atoms with Crippen LogP contribution in [0.5, 0.6) is 11.5 Å². The monoisotopic (exact) mass is 518 g/mol. The van der Waals surface area contributed by atoms with E-state index in [2.05, 4.69) is 13.2 Å². The highest BCUT2D eigenvalue weighted by Gasteiger charge is 2.46. The number of aromatic hydroxyl groups is 1. The molecule has 0 bridgehead atoms. The van der Waals surface area contributed by atoms with Crippen molar-refractivity contribution in [1.82, 2.24) is 0 Å². The number of rotatable bonds is 10. The van der Waals surface area contributed by atoms with E-state index in [0.29, 0.717) is 24.8 Å². The minimum atomic E-state index is -1.83. The number of phenols is 1. The molecule has 1 aliphatic heterocycles. The highest BCUT2D eigenvalue weighted by Crippen LogP contribution is 2.49. The number of benzene rings is 1. The molecular weight excluding hydrogens is 480 g/mol. The predicted molar refractivity (Wildman–Crippen MR) is 136 cm³/mol. The molecule has 3 rings (SSSR count). The molecule has 1 unspecified atom stereocenters. The molecule has 0 radical (unpaired) electrons. The fraction of sp³-hybridized carbons (Fsp3) is 0.536. The number of carboxylic acid groups (broad SMARTS) is 1. The van der Waals surface area contributed by atoms with Crippen molar-refractivity contribution in [2.75, 3.05) is 6.61 Å². The fourth-order valence-corrected chi connectivity index (χ4v) is 5.26. The molecule has 7 atom stereocenters. The van der Waals surface area contributed by atoms with Gasteiger partial charge in [-0.25, -0.2) is 4.79 Å². The maximum atomic E-state index is 12.6. The van der Waals surface area contributed by atoms with E-state index in [0.717, 1.165) is 24.0 Å². The van der Waals surface area contributed by atoms with Crippen molar-refractivity contribution in [2.24, 2.45) is 11.8 Å². The normalized spacial score (nSPS) is 29.9. The molecule has 1 heterocycles. The van der Waals surface area contributed by atoms with E-state index >= 15 is 0 Å². The lowest BCUT2D eigenvalue weighted by Crippen LogP contribution is -2.57. The first kappa shape index (κ1) is 28.9. The summed E-state index contributed by atoms with van der Waals surface area (Å²) in [6, 6.07) is 1.45. The van der Waals surface area contributed by atoms with Crippen LogP contribution in [-0.2, 0) is 11.2 Å². The fourth-order valence-electron chi connectivity index (χ4n) is 5.26. The van der Waals surface area contributed by atoms with E-state index < -0.39 is 49.2 Å². The molecule has 2 aliphatic rings. The first-order valence-corrected chi connectivity index (χ1v) is 12.5. The van der Waals surface area contributed by atoms with Gasteiger partial charge in [-0.1, -0.05) is 29.9 Å². The molecule has 0 aromatic heterocycles. The zero-order valence-electron chi connectivity index (χ0n) is 21.3. The predicted octanol–water partition coefficient (Wildman–Crippen LogP) is 3.00. The van der Waals surface area contributed by atoms with Crippen molar-refractivity contribution in [1.29, 1.82) is 0 Å². The van der Waals surface area contributed by atoms with E-state index in [1.165, 1.54) is 6.07 Å². The van der Waals surface area contributed by atoms with Gasteiger partial charge in [0.15, 0.2) is 6.29 Å². The number of carbonyl (C=O) groups is 1. The van der Waals surface area contributed by atoms with Crippen molar-refractivity contribution < 1.29 is 44.9 Å². The highest BCUT2D eigenvalue weighted by molar-refractivity contribution is 5.94. The Labute approximate surface area is 217 Å². The van der Waals surface area contributed by atoms with E-state index in [1.54, 1.807) is 6.08 Å². The maximum absolute atomic E-state index is 12.6. The Hall–Kier alpha value is -2.69. The third-order valence-corrected chi connectivity index (χ3v) is 7.31. The molecule has 0 amide bonds. The number of aliphatic hydroxyl groups excluding tert-OH is 4. The number of phenolic OH excluding ortho intramolecular Hbond substituents is 1. The molecule has 9 heteroatoms. The molecule has 37 heavy (non-hydrogen) atoms. The number of aromatic carboxylic acids is 1. The molecule has 1 fully saturated rings. The zero-order chi connectivity index (χ0) is 27.4. The Kier molecular flexibility index (Phi) is 9.55. The number of allylic oxidation sites excluding steroid dienone is 4. The van der Waals surface area contributed by atoms with Crippen LogP contribution in [0.3, 0.4) is 0 Å². The molecule has 1 aromatic rings. The largest absolute Gasteiger partial charge is 0.507 e. The summed E-state index contributed by atoms with van der Waals surface area (Å²) in [4.78, 5) is 12.6. The number of hydrogen-bond acceptors (Lipinski definition) is 8. The molecule has 0 spiro atoms. The highest BCUT2D eigenvalue weighted by atomic mass is 16.7. The van der Waals surface area contributed by atoms with E-state index in [9.17, 15) is 35.4 Å². The lowest BCUT2D eigenvalue weighted by molar-refractivity contribution is -0.313. The van der Waals surface area contributed by atoms with Gasteiger partial charge in [-0.2, -0.15) is 0 Å². The second-order valence-corrected chi connectivity index (χ2v) is 10.0. The minimum Gasteiger partial charge on any atom is -0.507 e. The third-order valence-electron chi connectivity index (χ3n) is 7.31. The van der Waals surface area contributed by atoms with Crippen LogP contribution in [0.15, 0.2) is 42.5 Å². The van der Waals surface area contributed by atoms with Crippen molar-refractivity contribution in [3.63, 3.8) is 0 Å². The lowest BCUT2D eigenvalue weighted by atomic mass is 9.73. The van der Waals surface area contributed by atoms with Crippen LogP contribution < -0.4 is 4.74 Å². The van der Waals surface area contributed by atoms with Crippen molar-refractivity contribution in [3.05, 3.63) is 59.2 Å². The Balaban J connectivity index is 2.24. The van der Waals surface area contributed by atoms with Crippen LogP contribution >= 0.6 is 0 Å². The van der Waals surface area contributed by atoms with Crippen molar-refractivity contribution >= 4 is 5.97 Å². The summed E-state index contributed by atoms with van der Waals surface area (Å²) in [5, 5.41) is 62.1. The second kappa shape index (κ2) is 12.2. The van der Waals surface area contributed by atoms with E-state index in [-0.39, 0.29) is 28.5 Å². The summed E-state index contributed by atoms with van der Waals surface area (Å²) in [6.45, 7) is 11.0. The average molecular weight is 519 g/mol. The van der Waals surface area contributed by atoms with Gasteiger partial charge in [0, 0.05) is 11.5 Å². The standard InChI is InChI=1S/C28H38O9/c1-5-6-7-8-16-12-20(30)22(18-11-15(4)9-10-17(18)14(2)3)25(21(16)26(33)34)36-28-19(13-29)23(31)24(32)27(35)37-28/h5,11-12,17-19,23-24,27-32,35H,1-2,6-10,13H2,3-4H3,(H,33,34)/t17-,18+,19+,23+,24-,27-,28?/m0/s1. The molecule has 1 saturated heterocycles. The zero-order valence-corrected chi connectivity index (χ0v) is 21.3. The Morgan fingerprint density at radius 1 is 1.27 bits per heavy atom. The SMILES string of the molecule is C=CCCCc1cc(O)c([C@@H]2C=C(C)CC[C@H]2C(=C)C)c(OC2O[C@H](O)[C@@H](O)[C@H](O)[C@H]2CO)c1C(=O)O. The van der Waals surface area contributed by atoms with Gasteiger partial charge in [-0.05, 0) is 63.5 Å². The summed E-state index contributed by atoms with van der Waals surface area (Å²) < 4.78 is 11.5. The van der Waals surface area contributed by atoms with Gasteiger partial charge >= 0.3 is 5.97 Å². The van der Waals surface area contributed by atoms with Crippen molar-refractivity contribution in [2.45, 2.75) is 76.7 Å². The number of unbranched alkanes of at least 4 members (excludes halogenated alkanes) is 1. The molecule has 0 saturated carbocycles. The number of ether oxygens (including phenoxy) is 2. The van der Waals surface area contributed by atoms with Gasteiger partial charge < -0.3 is 40.1 Å². The van der Waals surface area contributed by atoms with Crippen LogP contribution in [0.4, 0.5) is 0 Å². The summed E-state index contributed by atoms with van der Waals surface area (Å²) in [6.07, 6.45) is 0.167. The average Bonchev–Trinajstić information content (AvgIpc) is 2.82. The molecule has 9 nitrogen and oxygen atoms in total. The molecule has 6 N–H and O–H groups in total. The van der Waals surface area contributed by atoms with Gasteiger partial charge in [0.25, 0.3) is 0 Å². The van der Waals surface area contributed by atoms with Crippen molar-refractivity contribution in [3.8, 4) is 11.5 Å². The summed E-state index contributed by atoms with van der Waals surface area (Å²) in [5.41, 5.74) is 2.32. The minimum absolute atomic E-state index is 0.107. The lowest BCUT2D eigenvalue weighted by Gasteiger charge is -2.41. The smallest absolute Gasteiger partial charge is 0.339 e. The van der Waals surface area contributed by atoms with Crippen LogP contribution in [0.2, 0.25) is 0 Å². The third kappa shape index (κ3) is 6.08. The Morgan fingerprint density at radius 3 is 2.57 bits per heavy atom. The summed E-state index contributed by atoms with van der Waals surface area (Å²) in [5.74, 6) is -3.37. The van der Waals surface area contributed by atoms with E-state index in [4.69, 9.17) is 9.47 Å². The first-order valence-electron chi connectivity index (χ1n) is 12.5. The molecule has 204 valence electrons. The Bertz CT molecular complexity index is 1050. The van der Waals surface area contributed by atoms with Gasteiger partial charge in [-0.3, -0.25) is 0 Å². The number of aliphatic hydroxyl groups is 4. The quantitative estimate of drug-likeness (QED) is 0.202. The van der Waals surface area contributed by atoms with Gasteiger partial charge in [0.1, 0.15) is 23.2 Å². The number of carboxylic acids is 1. The van der Waals surface area contributed by atoms with Gasteiger partial charge in [0.05, 0.1) is 18.6 Å². The van der Waals surface area contributed by atoms with Gasteiger partial charge in [-0.15, -0.1) is 6.58 Å². The molecule has 1 aromatic carbocycles. The summed E-state index contributed by atoms with van der Waals surface area (Å²) in [7, 11) is 0. The maximum Gasteiger partial charge on any atom is 0.339 e. The number of aryl methyl sites for hydroxylation is 1. The van der Waals surface area contributed by atoms with Gasteiger partial charge in [0.2, 0.25) is 6.29 Å².